The Morgan fingerprint density at radius 1 is 1.64 bits per heavy atom. The number of anilines is 1. The van der Waals surface area contributed by atoms with Crippen LogP contribution in [0.2, 0.25) is 0 Å². The van der Waals surface area contributed by atoms with Crippen molar-refractivity contribution in [3.63, 3.8) is 0 Å². The van der Waals surface area contributed by atoms with Gasteiger partial charge < -0.3 is 4.98 Å². The summed E-state index contributed by atoms with van der Waals surface area (Å²) in [5.74, 6) is -0.201. The highest BCUT2D eigenvalue weighted by molar-refractivity contribution is 7.90. The lowest BCUT2D eigenvalue weighted by atomic mass is 10.4. The molecule has 1 aromatic rings. The molecule has 0 aliphatic rings. The summed E-state index contributed by atoms with van der Waals surface area (Å²) >= 11 is 0. The van der Waals surface area contributed by atoms with Gasteiger partial charge in [-0.15, -0.1) is 0 Å². The van der Waals surface area contributed by atoms with Crippen molar-refractivity contribution in [2.45, 2.75) is 6.42 Å². The molecule has 0 aromatic carbocycles. The largest absolute Gasteiger partial charge is 0.331 e. The van der Waals surface area contributed by atoms with Crippen molar-refractivity contribution < 1.29 is 13.2 Å². The highest BCUT2D eigenvalue weighted by Gasteiger charge is 2.08. The number of amides is 1. The van der Waals surface area contributed by atoms with Crippen molar-refractivity contribution in [3.8, 4) is 0 Å². The Bertz CT molecular complexity index is 396. The van der Waals surface area contributed by atoms with E-state index in [0.717, 1.165) is 6.26 Å². The maximum Gasteiger partial charge on any atom is 0.227 e. The average molecular weight is 217 g/mol. The molecule has 0 aliphatic carbocycles. The molecule has 0 saturated carbocycles. The highest BCUT2D eigenvalue weighted by Crippen LogP contribution is 1.97. The third-order valence-corrected chi connectivity index (χ3v) is 2.40. The minimum Gasteiger partial charge on any atom is -0.331 e. The van der Waals surface area contributed by atoms with Gasteiger partial charge in [-0.2, -0.15) is 0 Å². The van der Waals surface area contributed by atoms with E-state index in [1.165, 1.54) is 6.20 Å². The first kappa shape index (κ1) is 10.7. The maximum atomic E-state index is 11.1. The zero-order chi connectivity index (χ0) is 10.6. The van der Waals surface area contributed by atoms with Crippen LogP contribution in [0.3, 0.4) is 0 Å². The molecule has 0 bridgehead atoms. The van der Waals surface area contributed by atoms with Crippen LogP contribution in [0, 0.1) is 0 Å². The molecule has 1 heterocycles. The fraction of sp³-hybridized carbons (Fsp3) is 0.429. The molecule has 2 N–H and O–H groups in total. The van der Waals surface area contributed by atoms with E-state index in [2.05, 4.69) is 15.3 Å². The average Bonchev–Trinajstić information content (AvgIpc) is 2.52. The topological polar surface area (TPSA) is 91.9 Å². The number of nitrogens with one attached hydrogen (secondary N) is 2. The SMILES string of the molecule is CS(=O)(=O)CCC(=O)Nc1ncc[nH]1. The number of sulfone groups is 1. The third kappa shape index (κ3) is 4.04. The van der Waals surface area contributed by atoms with Crippen molar-refractivity contribution in [1.82, 2.24) is 9.97 Å². The van der Waals surface area contributed by atoms with E-state index in [0.29, 0.717) is 5.95 Å². The molecule has 0 unspecified atom stereocenters. The minimum absolute atomic E-state index is 0.0560. The molecular formula is C7H11N3O3S. The number of imidazole rings is 1. The monoisotopic (exact) mass is 217 g/mol. The molecule has 1 amide bonds. The highest BCUT2D eigenvalue weighted by atomic mass is 32.2. The Morgan fingerprint density at radius 2 is 2.36 bits per heavy atom. The van der Waals surface area contributed by atoms with Crippen LogP contribution in [-0.2, 0) is 14.6 Å². The summed E-state index contributed by atoms with van der Waals surface area (Å²) < 4.78 is 21.5. The summed E-state index contributed by atoms with van der Waals surface area (Å²) in [6, 6.07) is 0. The van der Waals surface area contributed by atoms with Gasteiger partial charge in [0.05, 0.1) is 5.75 Å². The van der Waals surface area contributed by atoms with E-state index in [4.69, 9.17) is 0 Å². The molecule has 1 rings (SSSR count). The van der Waals surface area contributed by atoms with Gasteiger partial charge in [0.25, 0.3) is 0 Å². The van der Waals surface area contributed by atoms with Gasteiger partial charge in [0.1, 0.15) is 9.84 Å². The summed E-state index contributed by atoms with van der Waals surface area (Å²) in [7, 11) is -3.09. The predicted molar refractivity (Wildman–Crippen MR) is 51.5 cm³/mol. The minimum atomic E-state index is -3.09. The van der Waals surface area contributed by atoms with Gasteiger partial charge in [-0.1, -0.05) is 0 Å². The lowest BCUT2D eigenvalue weighted by Crippen LogP contribution is -2.17. The number of hydrogen-bond acceptors (Lipinski definition) is 4. The number of H-pyrrole nitrogens is 1. The van der Waals surface area contributed by atoms with Crippen LogP contribution in [0.15, 0.2) is 12.4 Å². The van der Waals surface area contributed by atoms with E-state index in [1.807, 2.05) is 0 Å². The molecule has 1 aromatic heterocycles. The van der Waals surface area contributed by atoms with Crippen LogP contribution < -0.4 is 5.32 Å². The van der Waals surface area contributed by atoms with Crippen LogP contribution in [0.25, 0.3) is 0 Å². The number of aromatic nitrogens is 2. The molecule has 0 fully saturated rings. The second-order valence-corrected chi connectivity index (χ2v) is 5.13. The lowest BCUT2D eigenvalue weighted by molar-refractivity contribution is -0.115. The summed E-state index contributed by atoms with van der Waals surface area (Å²) in [5.41, 5.74) is 0. The smallest absolute Gasteiger partial charge is 0.227 e. The molecule has 6 nitrogen and oxygen atoms in total. The van der Waals surface area contributed by atoms with Crippen molar-refractivity contribution in [2.75, 3.05) is 17.3 Å². The first-order valence-electron chi connectivity index (χ1n) is 3.94. The second kappa shape index (κ2) is 4.23. The van der Waals surface area contributed by atoms with Gasteiger partial charge in [0.15, 0.2) is 0 Å². The van der Waals surface area contributed by atoms with Gasteiger partial charge in [-0.05, 0) is 0 Å². The molecule has 0 spiro atoms. The van der Waals surface area contributed by atoms with E-state index >= 15 is 0 Å². The maximum absolute atomic E-state index is 11.1. The van der Waals surface area contributed by atoms with Gasteiger partial charge in [-0.3, -0.25) is 10.1 Å². The van der Waals surface area contributed by atoms with E-state index in [-0.39, 0.29) is 18.1 Å². The Morgan fingerprint density at radius 3 is 2.86 bits per heavy atom. The second-order valence-electron chi connectivity index (χ2n) is 2.87. The van der Waals surface area contributed by atoms with Gasteiger partial charge in [-0.25, -0.2) is 13.4 Å². The van der Waals surface area contributed by atoms with Gasteiger partial charge >= 0.3 is 0 Å². The number of carbonyl (C=O) groups is 1. The van der Waals surface area contributed by atoms with Gasteiger partial charge in [0.2, 0.25) is 11.9 Å². The van der Waals surface area contributed by atoms with E-state index in [1.54, 1.807) is 6.20 Å². The first-order valence-corrected chi connectivity index (χ1v) is 6.00. The number of nitrogens with zero attached hydrogens (tertiary/aromatic N) is 1. The molecule has 14 heavy (non-hydrogen) atoms. The van der Waals surface area contributed by atoms with Crippen LogP contribution in [0.5, 0.6) is 0 Å². The third-order valence-electron chi connectivity index (χ3n) is 1.46. The Kier molecular flexibility index (Phi) is 3.23. The first-order chi connectivity index (χ1) is 6.47. The standard InChI is InChI=1S/C7H11N3O3S/c1-14(12,13)5-2-6(11)10-7-8-3-4-9-7/h3-4H,2,5H2,1H3,(H2,8,9,10,11). The Hall–Kier alpha value is -1.37. The van der Waals surface area contributed by atoms with Gasteiger partial charge in [0, 0.05) is 25.1 Å². The van der Waals surface area contributed by atoms with E-state index < -0.39 is 9.84 Å². The lowest BCUT2D eigenvalue weighted by Gasteiger charge is -2.00. The summed E-state index contributed by atoms with van der Waals surface area (Å²) in [4.78, 5) is 17.6. The summed E-state index contributed by atoms with van der Waals surface area (Å²) in [5, 5.41) is 2.42. The number of rotatable bonds is 4. The van der Waals surface area contributed by atoms with Crippen LogP contribution in [-0.4, -0.2) is 36.3 Å². The molecule has 0 saturated heterocycles. The summed E-state index contributed by atoms with van der Waals surface area (Å²) in [6.45, 7) is 0. The Labute approximate surface area is 81.7 Å². The fourth-order valence-corrected chi connectivity index (χ4v) is 1.36. The van der Waals surface area contributed by atoms with Crippen molar-refractivity contribution in [1.29, 1.82) is 0 Å². The molecule has 7 heteroatoms. The number of hydrogen-bond donors (Lipinski definition) is 2. The quantitative estimate of drug-likeness (QED) is 0.729. The van der Waals surface area contributed by atoms with Crippen LogP contribution in [0.1, 0.15) is 6.42 Å². The van der Waals surface area contributed by atoms with Crippen molar-refractivity contribution >= 4 is 21.7 Å². The summed E-state index contributed by atoms with van der Waals surface area (Å²) in [6.07, 6.45) is 4.09. The molecule has 0 atom stereocenters. The van der Waals surface area contributed by atoms with Crippen LogP contribution in [0.4, 0.5) is 5.95 Å². The van der Waals surface area contributed by atoms with Crippen molar-refractivity contribution in [3.05, 3.63) is 12.4 Å². The Balaban J connectivity index is 2.38. The molecule has 0 aliphatic heterocycles. The zero-order valence-corrected chi connectivity index (χ0v) is 8.47. The predicted octanol–water partition coefficient (Wildman–Crippen LogP) is -0.217. The molecule has 0 radical (unpaired) electrons. The number of aromatic amines is 1. The van der Waals surface area contributed by atoms with Crippen molar-refractivity contribution in [2.24, 2.45) is 0 Å². The fourth-order valence-electron chi connectivity index (χ4n) is 0.806. The molecular weight excluding hydrogens is 206 g/mol. The van der Waals surface area contributed by atoms with Crippen LogP contribution >= 0.6 is 0 Å². The number of carbonyl (C=O) groups excluding carboxylic acids is 1. The molecule has 78 valence electrons. The normalized spacial score (nSPS) is 11.2. The zero-order valence-electron chi connectivity index (χ0n) is 7.65. The van der Waals surface area contributed by atoms with E-state index in [9.17, 15) is 13.2 Å².